The number of rotatable bonds is 2. The van der Waals surface area contributed by atoms with E-state index in [1.54, 1.807) is 4.90 Å². The molecule has 0 aliphatic carbocycles. The number of nitrogens with zero attached hydrogens (tertiary/aromatic N) is 3. The zero-order valence-corrected chi connectivity index (χ0v) is 10.8. The third-order valence-corrected chi connectivity index (χ3v) is 3.18. The first-order valence-electron chi connectivity index (χ1n) is 5.37. The molecule has 1 aliphatic rings. The van der Waals surface area contributed by atoms with Gasteiger partial charge in [-0.3, -0.25) is 14.2 Å². The maximum atomic E-state index is 11.9. The minimum absolute atomic E-state index is 0.0469. The summed E-state index contributed by atoms with van der Waals surface area (Å²) in [5.41, 5.74) is -0.233. The van der Waals surface area contributed by atoms with Gasteiger partial charge in [0.25, 0.3) is 5.56 Å². The highest BCUT2D eigenvalue weighted by Crippen LogP contribution is 2.00. The molecule has 1 aliphatic heterocycles. The van der Waals surface area contributed by atoms with Crippen molar-refractivity contribution in [2.45, 2.75) is 6.54 Å². The van der Waals surface area contributed by atoms with Crippen LogP contribution < -0.4 is 10.9 Å². The highest BCUT2D eigenvalue weighted by molar-refractivity contribution is 9.10. The first-order valence-corrected chi connectivity index (χ1v) is 6.16. The van der Waals surface area contributed by atoms with Crippen LogP contribution in [0.3, 0.4) is 0 Å². The van der Waals surface area contributed by atoms with Gasteiger partial charge in [-0.1, -0.05) is 0 Å². The average Bonchev–Trinajstić information content (AvgIpc) is 2.36. The fourth-order valence-corrected chi connectivity index (χ4v) is 2.04. The van der Waals surface area contributed by atoms with Crippen molar-refractivity contribution < 1.29 is 4.79 Å². The van der Waals surface area contributed by atoms with Gasteiger partial charge in [0.05, 0.1) is 6.33 Å². The normalized spacial score (nSPS) is 15.9. The minimum atomic E-state index is -0.233. The number of hydrogen-bond donors (Lipinski definition) is 1. The topological polar surface area (TPSA) is 67.2 Å². The van der Waals surface area contributed by atoms with Crippen molar-refractivity contribution in [3.05, 3.63) is 27.4 Å². The van der Waals surface area contributed by atoms with Gasteiger partial charge in [-0.05, 0) is 15.9 Å². The van der Waals surface area contributed by atoms with E-state index < -0.39 is 0 Å². The summed E-state index contributed by atoms with van der Waals surface area (Å²) in [5.74, 6) is -0.0477. The third kappa shape index (κ3) is 2.92. The number of halogens is 1. The summed E-state index contributed by atoms with van der Waals surface area (Å²) in [6.07, 6.45) is 2.81. The maximum absolute atomic E-state index is 11.9. The first-order chi connectivity index (χ1) is 8.18. The molecule has 0 aromatic carbocycles. The molecule has 6 nitrogen and oxygen atoms in total. The molecule has 0 unspecified atom stereocenters. The molecule has 17 heavy (non-hydrogen) atoms. The smallest absolute Gasteiger partial charge is 0.268 e. The summed E-state index contributed by atoms with van der Waals surface area (Å²) >= 11 is 3.10. The van der Waals surface area contributed by atoms with Crippen LogP contribution in [0.25, 0.3) is 0 Å². The van der Waals surface area contributed by atoms with E-state index in [1.807, 2.05) is 0 Å². The Balaban J connectivity index is 2.07. The minimum Gasteiger partial charge on any atom is -0.339 e. The lowest BCUT2D eigenvalue weighted by molar-refractivity contribution is -0.132. The van der Waals surface area contributed by atoms with Gasteiger partial charge in [-0.2, -0.15) is 0 Å². The van der Waals surface area contributed by atoms with Crippen molar-refractivity contribution in [3.63, 3.8) is 0 Å². The summed E-state index contributed by atoms with van der Waals surface area (Å²) < 4.78 is 1.68. The van der Waals surface area contributed by atoms with Crippen LogP contribution in [0.4, 0.5) is 0 Å². The molecule has 1 N–H and O–H groups in total. The van der Waals surface area contributed by atoms with Gasteiger partial charge in [0.1, 0.15) is 11.0 Å². The number of nitrogens with one attached hydrogen (secondary N) is 1. The Kier molecular flexibility index (Phi) is 3.90. The summed E-state index contributed by atoms with van der Waals surface area (Å²) in [6.45, 7) is 3.03. The van der Waals surface area contributed by atoms with Crippen LogP contribution in [0.15, 0.2) is 21.8 Å². The molecule has 0 atom stereocenters. The van der Waals surface area contributed by atoms with E-state index in [-0.39, 0.29) is 18.0 Å². The Morgan fingerprint density at radius 2 is 2.18 bits per heavy atom. The van der Waals surface area contributed by atoms with E-state index in [2.05, 4.69) is 26.2 Å². The van der Waals surface area contributed by atoms with Crippen LogP contribution in [0.5, 0.6) is 0 Å². The molecule has 1 aromatic heterocycles. The lowest BCUT2D eigenvalue weighted by Crippen LogP contribution is -2.48. The largest absolute Gasteiger partial charge is 0.339 e. The summed E-state index contributed by atoms with van der Waals surface area (Å²) in [7, 11) is 0. The van der Waals surface area contributed by atoms with E-state index in [9.17, 15) is 9.59 Å². The molecule has 0 bridgehead atoms. The Bertz CT molecular complexity index is 468. The number of hydrogen-bond acceptors (Lipinski definition) is 4. The molecule has 0 saturated carbocycles. The standard InChI is InChI=1S/C10H13BrN4O2/c11-8-5-13-7-15(10(8)17)6-9(16)14-3-1-12-2-4-14/h5,7,12H,1-4,6H2. The molecule has 1 fully saturated rings. The highest BCUT2D eigenvalue weighted by Gasteiger charge is 2.17. The summed E-state index contributed by atoms with van der Waals surface area (Å²) in [5, 5.41) is 3.17. The van der Waals surface area contributed by atoms with Crippen LogP contribution in [0.1, 0.15) is 0 Å². The summed E-state index contributed by atoms with van der Waals surface area (Å²) in [4.78, 5) is 29.2. The molecule has 92 valence electrons. The second-order valence-corrected chi connectivity index (χ2v) is 4.66. The lowest BCUT2D eigenvalue weighted by atomic mass is 10.3. The van der Waals surface area contributed by atoms with Crippen LogP contribution in [-0.4, -0.2) is 46.5 Å². The molecule has 0 radical (unpaired) electrons. The fourth-order valence-electron chi connectivity index (χ4n) is 1.70. The molecular formula is C10H13BrN4O2. The zero-order valence-electron chi connectivity index (χ0n) is 9.23. The van der Waals surface area contributed by atoms with Crippen LogP contribution in [-0.2, 0) is 11.3 Å². The van der Waals surface area contributed by atoms with E-state index in [4.69, 9.17) is 0 Å². The Hall–Kier alpha value is -1.21. The van der Waals surface area contributed by atoms with Gasteiger partial charge in [0.2, 0.25) is 5.91 Å². The van der Waals surface area contributed by atoms with E-state index in [0.29, 0.717) is 17.6 Å². The first kappa shape index (κ1) is 12.3. The highest BCUT2D eigenvalue weighted by atomic mass is 79.9. The van der Waals surface area contributed by atoms with Gasteiger partial charge in [-0.15, -0.1) is 0 Å². The monoisotopic (exact) mass is 300 g/mol. The number of piperazine rings is 1. The Morgan fingerprint density at radius 1 is 1.47 bits per heavy atom. The van der Waals surface area contributed by atoms with Gasteiger partial charge in [-0.25, -0.2) is 4.98 Å². The lowest BCUT2D eigenvalue weighted by Gasteiger charge is -2.27. The zero-order chi connectivity index (χ0) is 12.3. The van der Waals surface area contributed by atoms with Gasteiger partial charge in [0.15, 0.2) is 0 Å². The molecule has 2 rings (SSSR count). The predicted molar refractivity (Wildman–Crippen MR) is 65.6 cm³/mol. The third-order valence-electron chi connectivity index (χ3n) is 2.63. The van der Waals surface area contributed by atoms with Crippen LogP contribution in [0, 0.1) is 0 Å². The SMILES string of the molecule is O=C(Cn1cncc(Br)c1=O)N1CCNCC1. The predicted octanol–water partition coefficient (Wildman–Crippen LogP) is -0.562. The summed E-state index contributed by atoms with van der Waals surface area (Å²) in [6, 6.07) is 0. The van der Waals surface area contributed by atoms with Crippen LogP contribution >= 0.6 is 15.9 Å². The molecule has 7 heteroatoms. The van der Waals surface area contributed by atoms with E-state index >= 15 is 0 Å². The van der Waals surface area contributed by atoms with Crippen molar-refractivity contribution in [2.24, 2.45) is 0 Å². The molecule has 1 aromatic rings. The molecule has 2 heterocycles. The van der Waals surface area contributed by atoms with Crippen molar-refractivity contribution in [3.8, 4) is 0 Å². The Labute approximate surface area is 107 Å². The van der Waals surface area contributed by atoms with Crippen molar-refractivity contribution in [1.82, 2.24) is 19.8 Å². The van der Waals surface area contributed by atoms with E-state index in [0.717, 1.165) is 13.1 Å². The van der Waals surface area contributed by atoms with Crippen LogP contribution in [0.2, 0.25) is 0 Å². The average molecular weight is 301 g/mol. The van der Waals surface area contributed by atoms with Crippen molar-refractivity contribution in [1.29, 1.82) is 0 Å². The number of carbonyl (C=O) groups excluding carboxylic acids is 1. The second kappa shape index (κ2) is 5.42. The number of amides is 1. The van der Waals surface area contributed by atoms with Gasteiger partial charge in [0, 0.05) is 32.4 Å². The van der Waals surface area contributed by atoms with Crippen molar-refractivity contribution in [2.75, 3.05) is 26.2 Å². The van der Waals surface area contributed by atoms with Gasteiger partial charge >= 0.3 is 0 Å². The number of aromatic nitrogens is 2. The van der Waals surface area contributed by atoms with Gasteiger partial charge < -0.3 is 10.2 Å². The quantitative estimate of drug-likeness (QED) is 0.795. The Morgan fingerprint density at radius 3 is 2.88 bits per heavy atom. The second-order valence-electron chi connectivity index (χ2n) is 3.81. The fraction of sp³-hybridized carbons (Fsp3) is 0.500. The van der Waals surface area contributed by atoms with Crippen molar-refractivity contribution >= 4 is 21.8 Å². The maximum Gasteiger partial charge on any atom is 0.268 e. The molecular weight excluding hydrogens is 288 g/mol. The molecule has 1 amide bonds. The molecule has 1 saturated heterocycles. The number of carbonyl (C=O) groups is 1. The van der Waals surface area contributed by atoms with E-state index in [1.165, 1.54) is 17.1 Å². The molecule has 0 spiro atoms.